The molecule has 3 saturated heterocycles. The number of halogens is 1. The first-order valence-corrected chi connectivity index (χ1v) is 15.3. The Balaban J connectivity index is 1.00. The Morgan fingerprint density at radius 1 is 0.974 bits per heavy atom. The molecule has 3 aliphatic heterocycles. The Morgan fingerprint density at radius 2 is 1.71 bits per heavy atom. The van der Waals surface area contributed by atoms with Crippen molar-refractivity contribution >= 4 is 11.8 Å². The van der Waals surface area contributed by atoms with E-state index in [9.17, 15) is 14.0 Å². The lowest BCUT2D eigenvalue weighted by atomic mass is 9.64. The molecule has 6 nitrogen and oxygen atoms in total. The number of fused-ring (bicyclic) bond motifs is 1. The molecule has 1 saturated carbocycles. The van der Waals surface area contributed by atoms with Gasteiger partial charge < -0.3 is 20.9 Å². The molecule has 38 heavy (non-hydrogen) atoms. The van der Waals surface area contributed by atoms with Gasteiger partial charge in [-0.2, -0.15) is 0 Å². The lowest BCUT2D eigenvalue weighted by molar-refractivity contribution is -0.123. The van der Waals surface area contributed by atoms with Crippen LogP contribution < -0.4 is 16.0 Å². The number of amides is 2. The number of likely N-dealkylation sites (tertiary alicyclic amines) is 1. The molecule has 0 spiro atoms. The van der Waals surface area contributed by atoms with Crippen molar-refractivity contribution in [1.82, 2.24) is 20.9 Å². The third-order valence-corrected chi connectivity index (χ3v) is 10.1. The Kier molecular flexibility index (Phi) is 9.37. The summed E-state index contributed by atoms with van der Waals surface area (Å²) in [6.45, 7) is 4.40. The molecule has 3 N–H and O–H groups in total. The van der Waals surface area contributed by atoms with Gasteiger partial charge in [-0.15, -0.1) is 0 Å². The highest BCUT2D eigenvalue weighted by atomic mass is 19.1. The first-order chi connectivity index (χ1) is 18.5. The van der Waals surface area contributed by atoms with Crippen LogP contribution in [0, 0.1) is 23.1 Å². The van der Waals surface area contributed by atoms with E-state index in [1.54, 1.807) is 12.1 Å². The van der Waals surface area contributed by atoms with Gasteiger partial charge in [0.15, 0.2) is 0 Å². The van der Waals surface area contributed by atoms with Crippen molar-refractivity contribution in [2.75, 3.05) is 32.7 Å². The minimum atomic E-state index is -0.315. The SMILES string of the molecule is O=C(NCCCCC1CCN(C(=O)c2ccc(F)cc2)CC1)C1CC2(C3CCCCCC3)CNCCC2N1. The molecule has 210 valence electrons. The molecule has 4 aliphatic rings. The number of rotatable bonds is 8. The Labute approximate surface area is 227 Å². The molecule has 7 heteroatoms. The molecule has 0 bridgehead atoms. The highest BCUT2D eigenvalue weighted by molar-refractivity contribution is 5.94. The molecule has 3 atom stereocenters. The van der Waals surface area contributed by atoms with Crippen LogP contribution in [0.4, 0.5) is 4.39 Å². The van der Waals surface area contributed by atoms with Crippen molar-refractivity contribution in [1.29, 1.82) is 0 Å². The number of hydrogen-bond acceptors (Lipinski definition) is 4. The van der Waals surface area contributed by atoms with E-state index in [1.807, 2.05) is 4.90 Å². The zero-order valence-corrected chi connectivity index (χ0v) is 23.0. The van der Waals surface area contributed by atoms with Crippen LogP contribution in [0.1, 0.15) is 93.8 Å². The second kappa shape index (κ2) is 12.9. The van der Waals surface area contributed by atoms with Crippen molar-refractivity contribution in [3.05, 3.63) is 35.6 Å². The van der Waals surface area contributed by atoms with Gasteiger partial charge in [0.25, 0.3) is 5.91 Å². The average Bonchev–Trinajstić information content (AvgIpc) is 3.13. The number of carbonyl (C=O) groups is 2. The van der Waals surface area contributed by atoms with E-state index < -0.39 is 0 Å². The highest BCUT2D eigenvalue weighted by Crippen LogP contribution is 2.48. The van der Waals surface area contributed by atoms with Crippen LogP contribution in [0.25, 0.3) is 0 Å². The van der Waals surface area contributed by atoms with E-state index >= 15 is 0 Å². The Hall–Kier alpha value is -1.99. The number of benzene rings is 1. The maximum absolute atomic E-state index is 13.1. The van der Waals surface area contributed by atoms with Crippen molar-refractivity contribution in [3.8, 4) is 0 Å². The van der Waals surface area contributed by atoms with Gasteiger partial charge >= 0.3 is 0 Å². The van der Waals surface area contributed by atoms with Crippen LogP contribution in [0.3, 0.4) is 0 Å². The summed E-state index contributed by atoms with van der Waals surface area (Å²) in [4.78, 5) is 27.7. The van der Waals surface area contributed by atoms with Crippen molar-refractivity contribution in [2.45, 2.75) is 95.6 Å². The van der Waals surface area contributed by atoms with Crippen LogP contribution in [0.5, 0.6) is 0 Å². The summed E-state index contributed by atoms with van der Waals surface area (Å²) in [6, 6.07) is 6.26. The van der Waals surface area contributed by atoms with E-state index in [4.69, 9.17) is 0 Å². The minimum Gasteiger partial charge on any atom is -0.355 e. The van der Waals surface area contributed by atoms with Crippen molar-refractivity contribution in [2.24, 2.45) is 17.3 Å². The summed E-state index contributed by atoms with van der Waals surface area (Å²) in [6.07, 6.45) is 15.5. The fourth-order valence-electron chi connectivity index (χ4n) is 7.83. The Bertz CT molecular complexity index is 924. The second-order valence-electron chi connectivity index (χ2n) is 12.4. The van der Waals surface area contributed by atoms with Gasteiger partial charge in [-0.1, -0.05) is 38.5 Å². The fourth-order valence-corrected chi connectivity index (χ4v) is 7.83. The number of unbranched alkanes of at least 4 members (excludes halogenated alkanes) is 1. The lowest BCUT2D eigenvalue weighted by Gasteiger charge is -2.45. The molecule has 5 rings (SSSR count). The maximum atomic E-state index is 13.1. The zero-order valence-electron chi connectivity index (χ0n) is 23.0. The molecule has 3 heterocycles. The quantitative estimate of drug-likeness (QED) is 0.341. The number of hydrogen-bond donors (Lipinski definition) is 3. The van der Waals surface area contributed by atoms with Crippen molar-refractivity contribution < 1.29 is 14.0 Å². The van der Waals surface area contributed by atoms with Crippen LogP contribution >= 0.6 is 0 Å². The van der Waals surface area contributed by atoms with Gasteiger partial charge in [0.1, 0.15) is 5.82 Å². The topological polar surface area (TPSA) is 73.5 Å². The molecular weight excluding hydrogens is 479 g/mol. The van der Waals surface area contributed by atoms with Gasteiger partial charge in [-0.3, -0.25) is 9.59 Å². The molecule has 1 aromatic carbocycles. The normalized spacial score (nSPS) is 29.0. The maximum Gasteiger partial charge on any atom is 0.253 e. The summed E-state index contributed by atoms with van der Waals surface area (Å²) in [5, 5.41) is 10.7. The van der Waals surface area contributed by atoms with Gasteiger partial charge in [-0.05, 0) is 87.6 Å². The average molecular weight is 527 g/mol. The summed E-state index contributed by atoms with van der Waals surface area (Å²) in [5.74, 6) is 1.26. The molecule has 3 unspecified atom stereocenters. The van der Waals surface area contributed by atoms with Crippen LogP contribution in [-0.2, 0) is 4.79 Å². The second-order valence-corrected chi connectivity index (χ2v) is 12.4. The zero-order chi connectivity index (χ0) is 26.4. The molecule has 0 aromatic heterocycles. The minimum absolute atomic E-state index is 0.00290. The standard InChI is InChI=1S/C31H47FN4O2/c32-26-12-10-24(11-13-26)30(38)36-19-15-23(16-20-36)7-5-6-17-34-29(37)27-21-31(22-33-18-14-28(31)35-27)25-8-3-1-2-4-9-25/h10-13,23,25,27-28,33,35H,1-9,14-22H2,(H,34,37). The summed E-state index contributed by atoms with van der Waals surface area (Å²) in [7, 11) is 0. The number of piperidine rings is 2. The summed E-state index contributed by atoms with van der Waals surface area (Å²) >= 11 is 0. The Morgan fingerprint density at radius 3 is 2.45 bits per heavy atom. The van der Waals surface area contributed by atoms with Gasteiger partial charge in [0, 0.05) is 43.2 Å². The molecule has 1 aliphatic carbocycles. The van der Waals surface area contributed by atoms with Crippen LogP contribution in [-0.4, -0.2) is 61.5 Å². The van der Waals surface area contributed by atoms with Gasteiger partial charge in [0.05, 0.1) is 6.04 Å². The summed E-state index contributed by atoms with van der Waals surface area (Å²) in [5.41, 5.74) is 0.811. The number of carbonyl (C=O) groups excluding carboxylic acids is 2. The predicted molar refractivity (Wildman–Crippen MR) is 148 cm³/mol. The van der Waals surface area contributed by atoms with E-state index in [0.717, 1.165) is 83.6 Å². The highest BCUT2D eigenvalue weighted by Gasteiger charge is 2.53. The van der Waals surface area contributed by atoms with E-state index in [-0.39, 0.29) is 29.1 Å². The van der Waals surface area contributed by atoms with Crippen LogP contribution in [0.2, 0.25) is 0 Å². The van der Waals surface area contributed by atoms with E-state index in [0.29, 0.717) is 17.5 Å². The molecule has 0 radical (unpaired) electrons. The van der Waals surface area contributed by atoms with Gasteiger partial charge in [-0.25, -0.2) is 4.39 Å². The first kappa shape index (κ1) is 27.6. The predicted octanol–water partition coefficient (Wildman–Crippen LogP) is 4.65. The number of nitrogens with zero attached hydrogens (tertiary/aromatic N) is 1. The van der Waals surface area contributed by atoms with Crippen LogP contribution in [0.15, 0.2) is 24.3 Å². The fraction of sp³-hybridized carbons (Fsp3) is 0.742. The molecule has 1 aromatic rings. The smallest absolute Gasteiger partial charge is 0.253 e. The molecule has 2 amide bonds. The van der Waals surface area contributed by atoms with Gasteiger partial charge in [0.2, 0.25) is 5.91 Å². The lowest BCUT2D eigenvalue weighted by Crippen LogP contribution is -2.54. The van der Waals surface area contributed by atoms with E-state index in [1.165, 1.54) is 50.7 Å². The monoisotopic (exact) mass is 526 g/mol. The third kappa shape index (κ3) is 6.41. The van der Waals surface area contributed by atoms with E-state index in [2.05, 4.69) is 16.0 Å². The molecular formula is C31H47FN4O2. The largest absolute Gasteiger partial charge is 0.355 e. The van der Waals surface area contributed by atoms with Crippen molar-refractivity contribution in [3.63, 3.8) is 0 Å². The molecule has 4 fully saturated rings. The first-order valence-electron chi connectivity index (χ1n) is 15.3. The summed E-state index contributed by atoms with van der Waals surface area (Å²) < 4.78 is 13.1. The number of nitrogens with one attached hydrogen (secondary N) is 3. The third-order valence-electron chi connectivity index (χ3n) is 10.1.